The number of ether oxygens (including phenoxy) is 1. The minimum atomic E-state index is -1.68. The maximum atomic E-state index is 12.3. The fraction of sp³-hybridized carbons (Fsp3) is 0.438. The van der Waals surface area contributed by atoms with Crippen LogP contribution in [0.1, 0.15) is 39.2 Å². The van der Waals surface area contributed by atoms with Crippen LogP contribution in [-0.2, 0) is 24.5 Å². The zero-order valence-corrected chi connectivity index (χ0v) is 14.2. The zero-order valence-electron chi connectivity index (χ0n) is 14.2. The maximum Gasteiger partial charge on any atom is 0.326 e. The van der Waals surface area contributed by atoms with Gasteiger partial charge in [-0.3, -0.25) is 24.5 Å². The van der Waals surface area contributed by atoms with Crippen molar-refractivity contribution >= 4 is 34.8 Å². The average molecular weight is 349 g/mol. The summed E-state index contributed by atoms with van der Waals surface area (Å²) >= 11 is 0. The molecule has 0 radical (unpaired) electrons. The Morgan fingerprint density at radius 1 is 1.36 bits per heavy atom. The number of rotatable bonds is 6. The van der Waals surface area contributed by atoms with Crippen LogP contribution in [0.15, 0.2) is 12.1 Å². The van der Waals surface area contributed by atoms with Crippen molar-refractivity contribution in [2.75, 3.05) is 17.2 Å². The lowest BCUT2D eigenvalue weighted by molar-refractivity contribution is -0.384. The van der Waals surface area contributed by atoms with E-state index in [1.165, 1.54) is 13.0 Å². The van der Waals surface area contributed by atoms with Crippen molar-refractivity contribution < 1.29 is 24.0 Å². The molecule has 1 aliphatic heterocycles. The Balaban J connectivity index is 2.54. The van der Waals surface area contributed by atoms with Crippen LogP contribution in [0.2, 0.25) is 0 Å². The predicted molar refractivity (Wildman–Crippen MR) is 89.2 cm³/mol. The smallest absolute Gasteiger partial charge is 0.326 e. The van der Waals surface area contributed by atoms with E-state index < -0.39 is 27.9 Å². The van der Waals surface area contributed by atoms with E-state index in [0.717, 1.165) is 6.07 Å². The van der Waals surface area contributed by atoms with Crippen LogP contribution in [0.5, 0.6) is 0 Å². The minimum absolute atomic E-state index is 0.0318. The molecule has 25 heavy (non-hydrogen) atoms. The molecule has 0 bridgehead atoms. The molecule has 0 spiro atoms. The first-order valence-corrected chi connectivity index (χ1v) is 7.87. The van der Waals surface area contributed by atoms with Crippen LogP contribution < -0.4 is 10.6 Å². The Hall–Kier alpha value is -2.97. The van der Waals surface area contributed by atoms with Gasteiger partial charge in [0.25, 0.3) is 5.69 Å². The minimum Gasteiger partial charge on any atom is -0.465 e. The van der Waals surface area contributed by atoms with E-state index in [1.54, 1.807) is 6.92 Å². The standard InChI is InChI=1S/C16H19N3O6/c1-4-6-13(20)17-11-8-10-9(7-12(11)19(23)24)16(3,14(21)18-10)15(22)25-5-2/h7-8H,4-6H2,1-3H3,(H,17,20)(H,18,21). The van der Waals surface area contributed by atoms with Crippen LogP contribution in [-0.4, -0.2) is 29.3 Å². The van der Waals surface area contributed by atoms with Crippen molar-refractivity contribution in [1.82, 2.24) is 0 Å². The quantitative estimate of drug-likeness (QED) is 0.350. The van der Waals surface area contributed by atoms with E-state index in [2.05, 4.69) is 10.6 Å². The van der Waals surface area contributed by atoms with Crippen molar-refractivity contribution in [3.8, 4) is 0 Å². The van der Waals surface area contributed by atoms with Gasteiger partial charge in [-0.1, -0.05) is 6.92 Å². The summed E-state index contributed by atoms with van der Waals surface area (Å²) in [6.07, 6.45) is 0.795. The fourth-order valence-electron chi connectivity index (χ4n) is 2.64. The number of hydrogen-bond acceptors (Lipinski definition) is 6. The number of hydrogen-bond donors (Lipinski definition) is 2. The Morgan fingerprint density at radius 2 is 2.04 bits per heavy atom. The molecule has 1 heterocycles. The molecule has 0 saturated carbocycles. The fourth-order valence-corrected chi connectivity index (χ4v) is 2.64. The van der Waals surface area contributed by atoms with Gasteiger partial charge in [-0.15, -0.1) is 0 Å². The molecule has 1 aromatic carbocycles. The Bertz CT molecular complexity index is 760. The van der Waals surface area contributed by atoms with Gasteiger partial charge >= 0.3 is 5.97 Å². The number of nitro benzene ring substituents is 1. The van der Waals surface area contributed by atoms with E-state index in [0.29, 0.717) is 6.42 Å². The number of nitro groups is 1. The van der Waals surface area contributed by atoms with Crippen molar-refractivity contribution in [2.45, 2.75) is 39.0 Å². The lowest BCUT2D eigenvalue weighted by Gasteiger charge is -2.19. The van der Waals surface area contributed by atoms with Gasteiger partial charge < -0.3 is 15.4 Å². The molecular weight excluding hydrogens is 330 g/mol. The molecule has 9 heteroatoms. The van der Waals surface area contributed by atoms with Crippen molar-refractivity contribution in [3.05, 3.63) is 27.8 Å². The number of nitrogens with one attached hydrogen (secondary N) is 2. The number of carbonyl (C=O) groups is 3. The molecule has 134 valence electrons. The van der Waals surface area contributed by atoms with Crippen LogP contribution in [0.25, 0.3) is 0 Å². The first-order chi connectivity index (χ1) is 11.7. The second-order valence-corrected chi connectivity index (χ2v) is 5.77. The topological polar surface area (TPSA) is 128 Å². The summed E-state index contributed by atoms with van der Waals surface area (Å²) in [5.41, 5.74) is -1.72. The summed E-state index contributed by atoms with van der Waals surface area (Å²) in [5, 5.41) is 16.4. The molecule has 9 nitrogen and oxygen atoms in total. The Morgan fingerprint density at radius 3 is 2.60 bits per heavy atom. The lowest BCUT2D eigenvalue weighted by Crippen LogP contribution is -2.40. The highest BCUT2D eigenvalue weighted by Crippen LogP contribution is 2.43. The highest BCUT2D eigenvalue weighted by molar-refractivity contribution is 6.19. The zero-order chi connectivity index (χ0) is 18.8. The lowest BCUT2D eigenvalue weighted by atomic mass is 9.83. The molecule has 2 amide bonds. The molecule has 0 saturated heterocycles. The number of esters is 1. The first kappa shape index (κ1) is 18.4. The average Bonchev–Trinajstić information content (AvgIpc) is 2.78. The normalized spacial score (nSPS) is 18.3. The van der Waals surface area contributed by atoms with Gasteiger partial charge in [0.1, 0.15) is 5.69 Å². The molecule has 0 aromatic heterocycles. The number of benzene rings is 1. The van der Waals surface area contributed by atoms with E-state index in [-0.39, 0.29) is 35.9 Å². The van der Waals surface area contributed by atoms with Crippen LogP contribution in [0.3, 0.4) is 0 Å². The molecule has 2 N–H and O–H groups in total. The van der Waals surface area contributed by atoms with Crippen LogP contribution in [0, 0.1) is 10.1 Å². The molecule has 1 atom stereocenters. The maximum absolute atomic E-state index is 12.3. The number of carbonyl (C=O) groups excluding carboxylic acids is 3. The molecule has 0 aliphatic carbocycles. The van der Waals surface area contributed by atoms with E-state index >= 15 is 0 Å². The van der Waals surface area contributed by atoms with E-state index in [4.69, 9.17) is 4.74 Å². The van der Waals surface area contributed by atoms with Crippen molar-refractivity contribution in [2.24, 2.45) is 0 Å². The van der Waals surface area contributed by atoms with Gasteiger partial charge in [-0.25, -0.2) is 0 Å². The van der Waals surface area contributed by atoms with Gasteiger partial charge in [0, 0.05) is 23.7 Å². The SMILES string of the molecule is CCCC(=O)Nc1cc2c(cc1[N+](=O)[O-])C(C)(C(=O)OCC)C(=O)N2. The summed E-state index contributed by atoms with van der Waals surface area (Å²) in [6, 6.07) is 2.43. The third-order valence-corrected chi connectivity index (χ3v) is 4.01. The predicted octanol–water partition coefficient (Wildman–Crippen LogP) is 2.11. The monoisotopic (exact) mass is 349 g/mol. The Labute approximate surface area is 143 Å². The van der Waals surface area contributed by atoms with Crippen LogP contribution in [0.4, 0.5) is 17.1 Å². The number of anilines is 2. The highest BCUT2D eigenvalue weighted by Gasteiger charge is 2.51. The molecular formula is C16H19N3O6. The molecule has 1 aliphatic rings. The summed E-state index contributed by atoms with van der Waals surface area (Å²) in [4.78, 5) is 47.1. The van der Waals surface area contributed by atoms with Gasteiger partial charge in [-0.05, 0) is 26.3 Å². The van der Waals surface area contributed by atoms with Crippen molar-refractivity contribution in [1.29, 1.82) is 0 Å². The number of amides is 2. The molecule has 0 fully saturated rings. The van der Waals surface area contributed by atoms with E-state index in [9.17, 15) is 24.5 Å². The Kier molecular flexibility index (Phi) is 5.05. The third-order valence-electron chi connectivity index (χ3n) is 4.01. The van der Waals surface area contributed by atoms with Gasteiger partial charge in [0.05, 0.1) is 11.5 Å². The number of fused-ring (bicyclic) bond motifs is 1. The summed E-state index contributed by atoms with van der Waals surface area (Å²) < 4.78 is 4.94. The molecule has 1 aromatic rings. The van der Waals surface area contributed by atoms with E-state index in [1.807, 2.05) is 6.92 Å². The van der Waals surface area contributed by atoms with Crippen LogP contribution >= 0.6 is 0 Å². The highest BCUT2D eigenvalue weighted by atomic mass is 16.6. The molecule has 1 unspecified atom stereocenters. The molecule has 2 rings (SSSR count). The van der Waals surface area contributed by atoms with Crippen molar-refractivity contribution in [3.63, 3.8) is 0 Å². The van der Waals surface area contributed by atoms with Gasteiger partial charge in [0.2, 0.25) is 11.8 Å². The summed E-state index contributed by atoms with van der Waals surface area (Å²) in [5.74, 6) is -1.79. The summed E-state index contributed by atoms with van der Waals surface area (Å²) in [7, 11) is 0. The second-order valence-electron chi connectivity index (χ2n) is 5.77. The second kappa shape index (κ2) is 6.88. The summed E-state index contributed by atoms with van der Waals surface area (Å²) in [6.45, 7) is 4.83. The largest absolute Gasteiger partial charge is 0.465 e. The van der Waals surface area contributed by atoms with Gasteiger partial charge in [0.15, 0.2) is 5.41 Å². The first-order valence-electron chi connectivity index (χ1n) is 7.87. The third kappa shape index (κ3) is 3.17. The van der Waals surface area contributed by atoms with Gasteiger partial charge in [-0.2, -0.15) is 0 Å². The number of nitrogens with zero attached hydrogens (tertiary/aromatic N) is 1.